The Balaban J connectivity index is 1.63. The summed E-state index contributed by atoms with van der Waals surface area (Å²) in [6, 6.07) is 16.7. The number of aromatic nitrogens is 1. The molecule has 114 valence electrons. The van der Waals surface area contributed by atoms with E-state index in [0.29, 0.717) is 0 Å². The SMILES string of the molecule is CCC(=Cc1nc2ccccc2s1)C=C1Nc2ccccc2S1. The highest BCUT2D eigenvalue weighted by molar-refractivity contribution is 8.03. The summed E-state index contributed by atoms with van der Waals surface area (Å²) >= 11 is 3.53. The van der Waals surface area contributed by atoms with Gasteiger partial charge in [-0.2, -0.15) is 0 Å². The molecule has 1 aliphatic rings. The molecule has 0 radical (unpaired) electrons. The maximum absolute atomic E-state index is 4.70. The van der Waals surface area contributed by atoms with Gasteiger partial charge in [-0.1, -0.05) is 43.0 Å². The summed E-state index contributed by atoms with van der Waals surface area (Å²) in [6.45, 7) is 2.18. The number of nitrogens with zero attached hydrogens (tertiary/aromatic N) is 1. The van der Waals surface area contributed by atoms with Crippen molar-refractivity contribution in [2.75, 3.05) is 5.32 Å². The van der Waals surface area contributed by atoms with Crippen molar-refractivity contribution in [3.63, 3.8) is 0 Å². The van der Waals surface area contributed by atoms with Gasteiger partial charge in [0.1, 0.15) is 5.01 Å². The highest BCUT2D eigenvalue weighted by Gasteiger charge is 2.14. The van der Waals surface area contributed by atoms with Gasteiger partial charge in [0.2, 0.25) is 0 Å². The Hall–Kier alpha value is -2.04. The van der Waals surface area contributed by atoms with Gasteiger partial charge in [-0.05, 0) is 48.4 Å². The summed E-state index contributed by atoms with van der Waals surface area (Å²) in [7, 11) is 0. The molecule has 4 heteroatoms. The van der Waals surface area contributed by atoms with Gasteiger partial charge in [-0.3, -0.25) is 0 Å². The summed E-state index contributed by atoms with van der Waals surface area (Å²) in [6.07, 6.45) is 5.41. The summed E-state index contributed by atoms with van der Waals surface area (Å²) in [4.78, 5) is 5.99. The lowest BCUT2D eigenvalue weighted by Crippen LogP contribution is -1.89. The molecule has 0 saturated carbocycles. The predicted octanol–water partition coefficient (Wildman–Crippen LogP) is 6.15. The number of benzene rings is 2. The number of thiazole rings is 1. The van der Waals surface area contributed by atoms with E-state index in [1.807, 2.05) is 6.07 Å². The third-order valence-corrected chi connectivity index (χ3v) is 5.71. The minimum Gasteiger partial charge on any atom is -0.349 e. The Labute approximate surface area is 144 Å². The van der Waals surface area contributed by atoms with Crippen molar-refractivity contribution < 1.29 is 0 Å². The fraction of sp³-hybridized carbons (Fsp3) is 0.105. The van der Waals surface area contributed by atoms with E-state index in [2.05, 4.69) is 66.9 Å². The molecule has 0 atom stereocenters. The van der Waals surface area contributed by atoms with Crippen LogP contribution < -0.4 is 5.32 Å². The highest BCUT2D eigenvalue weighted by atomic mass is 32.2. The zero-order valence-corrected chi connectivity index (χ0v) is 14.4. The maximum Gasteiger partial charge on any atom is 0.117 e. The van der Waals surface area contributed by atoms with E-state index < -0.39 is 0 Å². The number of hydrogen-bond acceptors (Lipinski definition) is 4. The van der Waals surface area contributed by atoms with Crippen LogP contribution in [-0.2, 0) is 0 Å². The fourth-order valence-electron chi connectivity index (χ4n) is 2.53. The van der Waals surface area contributed by atoms with E-state index in [9.17, 15) is 0 Å². The minimum absolute atomic E-state index is 0.984. The molecule has 0 spiro atoms. The average Bonchev–Trinajstić information content (AvgIpc) is 3.16. The number of para-hydroxylation sites is 2. The molecule has 0 fully saturated rings. The van der Waals surface area contributed by atoms with Crippen LogP contribution in [0.1, 0.15) is 18.4 Å². The average molecular weight is 336 g/mol. The van der Waals surface area contributed by atoms with Crippen molar-refractivity contribution in [2.45, 2.75) is 18.2 Å². The smallest absolute Gasteiger partial charge is 0.117 e. The lowest BCUT2D eigenvalue weighted by atomic mass is 10.2. The largest absolute Gasteiger partial charge is 0.349 e. The first kappa shape index (κ1) is 14.5. The lowest BCUT2D eigenvalue weighted by molar-refractivity contribution is 1.16. The quantitative estimate of drug-likeness (QED) is 0.621. The number of hydrogen-bond donors (Lipinski definition) is 1. The van der Waals surface area contributed by atoms with Crippen LogP contribution in [0, 0.1) is 0 Å². The van der Waals surface area contributed by atoms with Gasteiger partial charge in [-0.15, -0.1) is 11.3 Å². The molecular formula is C19H16N2S2. The Morgan fingerprint density at radius 3 is 2.78 bits per heavy atom. The van der Waals surface area contributed by atoms with E-state index in [1.54, 1.807) is 23.1 Å². The molecule has 2 heterocycles. The summed E-state index contributed by atoms with van der Waals surface area (Å²) in [5.41, 5.74) is 3.55. The highest BCUT2D eigenvalue weighted by Crippen LogP contribution is 2.41. The topological polar surface area (TPSA) is 24.9 Å². The molecule has 4 rings (SSSR count). The molecule has 1 N–H and O–H groups in total. The zero-order chi connectivity index (χ0) is 15.6. The molecule has 0 bridgehead atoms. The number of nitrogens with one attached hydrogen (secondary N) is 1. The van der Waals surface area contributed by atoms with Crippen LogP contribution in [0.3, 0.4) is 0 Å². The van der Waals surface area contributed by atoms with Crippen molar-refractivity contribution >= 4 is 45.1 Å². The van der Waals surface area contributed by atoms with E-state index in [4.69, 9.17) is 4.98 Å². The molecular weight excluding hydrogens is 320 g/mol. The standard InChI is InChI=1S/C19H16N2S2/c1-2-13(11-18-20-14-7-3-5-9-16(14)22-18)12-19-21-15-8-4-6-10-17(15)23-19/h3-12,20H,2H2,1H3. The van der Waals surface area contributed by atoms with Crippen LogP contribution in [-0.4, -0.2) is 4.98 Å². The normalized spacial score (nSPS) is 15.9. The Bertz CT molecular complexity index is 862. The molecule has 23 heavy (non-hydrogen) atoms. The van der Waals surface area contributed by atoms with Crippen molar-refractivity contribution in [2.24, 2.45) is 0 Å². The summed E-state index contributed by atoms with van der Waals surface area (Å²) in [5.74, 6) is 0. The Morgan fingerprint density at radius 1 is 1.13 bits per heavy atom. The van der Waals surface area contributed by atoms with E-state index in [0.717, 1.165) is 16.9 Å². The van der Waals surface area contributed by atoms with Gasteiger partial charge in [0.25, 0.3) is 0 Å². The minimum atomic E-state index is 0.984. The molecule has 0 unspecified atom stereocenters. The third kappa shape index (κ3) is 3.05. The van der Waals surface area contributed by atoms with Crippen LogP contribution in [0.4, 0.5) is 5.69 Å². The monoisotopic (exact) mass is 336 g/mol. The lowest BCUT2D eigenvalue weighted by Gasteiger charge is -2.01. The van der Waals surface area contributed by atoms with Crippen molar-refractivity contribution in [1.29, 1.82) is 0 Å². The third-order valence-electron chi connectivity index (χ3n) is 3.71. The second-order valence-corrected chi connectivity index (χ2v) is 7.47. The number of allylic oxidation sites excluding steroid dienone is 2. The van der Waals surface area contributed by atoms with E-state index >= 15 is 0 Å². The molecule has 1 aliphatic heterocycles. The second kappa shape index (κ2) is 6.22. The van der Waals surface area contributed by atoms with Crippen molar-refractivity contribution in [3.05, 3.63) is 70.2 Å². The zero-order valence-electron chi connectivity index (χ0n) is 12.7. The molecule has 1 aromatic heterocycles. The van der Waals surface area contributed by atoms with Gasteiger partial charge in [0, 0.05) is 4.90 Å². The molecule has 0 aliphatic carbocycles. The maximum atomic E-state index is 4.70. The van der Waals surface area contributed by atoms with Crippen LogP contribution >= 0.6 is 23.1 Å². The number of anilines is 1. The Morgan fingerprint density at radius 2 is 1.96 bits per heavy atom. The first-order valence-electron chi connectivity index (χ1n) is 7.63. The van der Waals surface area contributed by atoms with E-state index in [1.165, 1.54) is 25.9 Å². The fourth-order valence-corrected chi connectivity index (χ4v) is 4.45. The molecule has 2 aromatic carbocycles. The molecule has 3 aromatic rings. The predicted molar refractivity (Wildman–Crippen MR) is 102 cm³/mol. The van der Waals surface area contributed by atoms with Gasteiger partial charge in [0.05, 0.1) is 20.9 Å². The van der Waals surface area contributed by atoms with E-state index in [-0.39, 0.29) is 0 Å². The van der Waals surface area contributed by atoms with Gasteiger partial charge >= 0.3 is 0 Å². The first-order valence-corrected chi connectivity index (χ1v) is 9.27. The summed E-state index contributed by atoms with van der Waals surface area (Å²) < 4.78 is 1.24. The van der Waals surface area contributed by atoms with Crippen LogP contribution in [0.2, 0.25) is 0 Å². The van der Waals surface area contributed by atoms with Crippen LogP contribution in [0.15, 0.2) is 70.1 Å². The van der Waals surface area contributed by atoms with Crippen LogP contribution in [0.5, 0.6) is 0 Å². The van der Waals surface area contributed by atoms with Gasteiger partial charge in [-0.25, -0.2) is 4.98 Å². The first-order chi connectivity index (χ1) is 11.3. The van der Waals surface area contributed by atoms with Crippen molar-refractivity contribution in [3.8, 4) is 0 Å². The number of fused-ring (bicyclic) bond motifs is 2. The van der Waals surface area contributed by atoms with Crippen molar-refractivity contribution in [1.82, 2.24) is 4.98 Å². The Kier molecular flexibility index (Phi) is 3.93. The molecule has 0 saturated heterocycles. The second-order valence-electron chi connectivity index (χ2n) is 5.32. The molecule has 2 nitrogen and oxygen atoms in total. The number of thioether (sulfide) groups is 1. The summed E-state index contributed by atoms with van der Waals surface area (Å²) in [5, 5.41) is 5.73. The van der Waals surface area contributed by atoms with Crippen LogP contribution in [0.25, 0.3) is 16.3 Å². The number of rotatable bonds is 3. The van der Waals surface area contributed by atoms with Gasteiger partial charge < -0.3 is 5.32 Å². The molecule has 0 amide bonds. The van der Waals surface area contributed by atoms with Gasteiger partial charge in [0.15, 0.2) is 0 Å².